The van der Waals surface area contributed by atoms with Gasteiger partial charge < -0.3 is 20.6 Å². The van der Waals surface area contributed by atoms with Crippen LogP contribution in [-0.4, -0.2) is 31.8 Å². The fourth-order valence-corrected chi connectivity index (χ4v) is 2.30. The van der Waals surface area contributed by atoms with E-state index in [1.54, 1.807) is 13.0 Å². The maximum atomic E-state index is 13.0. The molecule has 0 radical (unpaired) electrons. The largest absolute Gasteiger partial charge is 0.384 e. The molecule has 1 unspecified atom stereocenters. The average molecular weight is 331 g/mol. The maximum absolute atomic E-state index is 13.0. The molecule has 0 saturated carbocycles. The normalized spacial score (nSPS) is 13.0. The Balaban J connectivity index is 1.99. The Labute approximate surface area is 141 Å². The summed E-state index contributed by atoms with van der Waals surface area (Å²) in [5.74, 6) is -0.374. The summed E-state index contributed by atoms with van der Waals surface area (Å²) in [4.78, 5) is 14.0. The van der Waals surface area contributed by atoms with Gasteiger partial charge in [0.2, 0.25) is 0 Å². The van der Waals surface area contributed by atoms with E-state index in [4.69, 9.17) is 0 Å². The monoisotopic (exact) mass is 331 g/mol. The molecule has 6 heteroatoms. The fourth-order valence-electron chi connectivity index (χ4n) is 2.30. The second kappa shape index (κ2) is 7.31. The summed E-state index contributed by atoms with van der Waals surface area (Å²) in [6.45, 7) is 1.56. The van der Waals surface area contributed by atoms with Crippen molar-refractivity contribution in [3.05, 3.63) is 59.9 Å². The van der Waals surface area contributed by atoms with Crippen LogP contribution in [0.3, 0.4) is 0 Å². The van der Waals surface area contributed by atoms with Gasteiger partial charge in [0.1, 0.15) is 11.4 Å². The van der Waals surface area contributed by atoms with Gasteiger partial charge in [-0.05, 0) is 36.8 Å². The molecule has 5 nitrogen and oxygen atoms in total. The van der Waals surface area contributed by atoms with E-state index >= 15 is 0 Å². The Kier molecular flexibility index (Phi) is 5.41. The third-order valence-electron chi connectivity index (χ3n) is 3.69. The summed E-state index contributed by atoms with van der Waals surface area (Å²) in [7, 11) is 3.77. The zero-order valence-electron chi connectivity index (χ0n) is 14.0. The van der Waals surface area contributed by atoms with Crippen LogP contribution >= 0.6 is 0 Å². The van der Waals surface area contributed by atoms with Crippen molar-refractivity contribution in [1.82, 2.24) is 5.32 Å². The minimum atomic E-state index is -1.30. The summed E-state index contributed by atoms with van der Waals surface area (Å²) < 4.78 is 13.0. The molecule has 2 rings (SSSR count). The van der Waals surface area contributed by atoms with Gasteiger partial charge in [0.05, 0.1) is 17.9 Å². The Morgan fingerprint density at radius 3 is 2.42 bits per heavy atom. The lowest BCUT2D eigenvalue weighted by molar-refractivity contribution is 0.0599. The molecule has 2 aromatic rings. The Morgan fingerprint density at radius 1 is 1.17 bits per heavy atom. The standard InChI is InChI=1S/C18H22FN3O2/c1-18(24,13-8-10-14(19)11-9-13)12-20-17(23)21-15-6-4-5-7-16(15)22(2)3/h4-11,24H,12H2,1-3H3,(H2,20,21,23). The molecule has 128 valence electrons. The number of benzene rings is 2. The van der Waals surface area contributed by atoms with Crippen molar-refractivity contribution in [2.75, 3.05) is 30.9 Å². The third kappa shape index (κ3) is 4.45. The first-order chi connectivity index (χ1) is 11.3. The number of carbonyl (C=O) groups is 1. The minimum Gasteiger partial charge on any atom is -0.384 e. The molecule has 0 heterocycles. The van der Waals surface area contributed by atoms with Gasteiger partial charge >= 0.3 is 6.03 Å². The molecule has 0 aliphatic carbocycles. The van der Waals surface area contributed by atoms with Crippen LogP contribution in [0.15, 0.2) is 48.5 Å². The molecular formula is C18H22FN3O2. The molecule has 1 atom stereocenters. The molecular weight excluding hydrogens is 309 g/mol. The number of aliphatic hydroxyl groups is 1. The van der Waals surface area contributed by atoms with E-state index in [1.165, 1.54) is 24.3 Å². The molecule has 0 bridgehead atoms. The third-order valence-corrected chi connectivity index (χ3v) is 3.69. The van der Waals surface area contributed by atoms with Gasteiger partial charge in [0, 0.05) is 14.1 Å². The first kappa shape index (κ1) is 17.7. The molecule has 3 N–H and O–H groups in total. The van der Waals surface area contributed by atoms with E-state index in [9.17, 15) is 14.3 Å². The molecule has 0 aromatic heterocycles. The minimum absolute atomic E-state index is 0.00536. The molecule has 2 amide bonds. The van der Waals surface area contributed by atoms with Gasteiger partial charge in [-0.2, -0.15) is 0 Å². The second-order valence-corrected chi connectivity index (χ2v) is 6.00. The van der Waals surface area contributed by atoms with E-state index < -0.39 is 11.6 Å². The second-order valence-electron chi connectivity index (χ2n) is 6.00. The van der Waals surface area contributed by atoms with Crippen molar-refractivity contribution in [2.24, 2.45) is 0 Å². The lowest BCUT2D eigenvalue weighted by Gasteiger charge is -2.25. The van der Waals surface area contributed by atoms with E-state index in [-0.39, 0.29) is 12.4 Å². The number of anilines is 2. The first-order valence-electron chi connectivity index (χ1n) is 7.59. The van der Waals surface area contributed by atoms with Gasteiger partial charge in [0.25, 0.3) is 0 Å². The van der Waals surface area contributed by atoms with E-state index in [0.29, 0.717) is 11.3 Å². The number of urea groups is 1. The summed E-state index contributed by atoms with van der Waals surface area (Å²) in [6, 6.07) is 12.5. The molecule has 0 spiro atoms. The van der Waals surface area contributed by atoms with Crippen molar-refractivity contribution < 1.29 is 14.3 Å². The van der Waals surface area contributed by atoms with Gasteiger partial charge in [-0.1, -0.05) is 24.3 Å². The molecule has 24 heavy (non-hydrogen) atoms. The van der Waals surface area contributed by atoms with Crippen LogP contribution in [0.25, 0.3) is 0 Å². The van der Waals surface area contributed by atoms with Crippen LogP contribution in [0.5, 0.6) is 0 Å². The number of nitrogens with one attached hydrogen (secondary N) is 2. The van der Waals surface area contributed by atoms with Gasteiger partial charge in [-0.15, -0.1) is 0 Å². The maximum Gasteiger partial charge on any atom is 0.319 e. The van der Waals surface area contributed by atoms with Crippen LogP contribution < -0.4 is 15.5 Å². The molecule has 0 fully saturated rings. The lowest BCUT2D eigenvalue weighted by Crippen LogP contribution is -2.40. The van der Waals surface area contributed by atoms with Crippen LogP contribution in [-0.2, 0) is 5.60 Å². The van der Waals surface area contributed by atoms with Gasteiger partial charge in [-0.3, -0.25) is 0 Å². The van der Waals surface area contributed by atoms with E-state index in [2.05, 4.69) is 10.6 Å². The first-order valence-corrected chi connectivity index (χ1v) is 7.59. The smallest absolute Gasteiger partial charge is 0.319 e. The quantitative estimate of drug-likeness (QED) is 0.789. The Bertz CT molecular complexity index is 700. The predicted molar refractivity (Wildman–Crippen MR) is 93.8 cm³/mol. The van der Waals surface area contributed by atoms with Crippen molar-refractivity contribution >= 4 is 17.4 Å². The highest BCUT2D eigenvalue weighted by Crippen LogP contribution is 2.23. The van der Waals surface area contributed by atoms with E-state index in [1.807, 2.05) is 37.2 Å². The Hall–Kier alpha value is -2.60. The number of hydrogen-bond donors (Lipinski definition) is 3. The SMILES string of the molecule is CN(C)c1ccccc1NC(=O)NCC(C)(O)c1ccc(F)cc1. The zero-order valence-corrected chi connectivity index (χ0v) is 14.0. The number of halogens is 1. The predicted octanol–water partition coefficient (Wildman–Crippen LogP) is 2.92. The number of hydrogen-bond acceptors (Lipinski definition) is 3. The Morgan fingerprint density at radius 2 is 1.79 bits per heavy atom. The fraction of sp³-hybridized carbons (Fsp3) is 0.278. The number of nitrogens with zero attached hydrogens (tertiary/aromatic N) is 1. The topological polar surface area (TPSA) is 64.6 Å². The zero-order chi connectivity index (χ0) is 17.7. The molecule has 0 aliphatic heterocycles. The number of carbonyl (C=O) groups excluding carboxylic acids is 1. The highest BCUT2D eigenvalue weighted by molar-refractivity contribution is 5.93. The van der Waals surface area contributed by atoms with E-state index in [0.717, 1.165) is 5.69 Å². The number of amides is 2. The summed E-state index contributed by atoms with van der Waals surface area (Å²) in [6.07, 6.45) is 0. The number of para-hydroxylation sites is 2. The summed E-state index contributed by atoms with van der Waals surface area (Å²) in [5, 5.41) is 15.9. The average Bonchev–Trinajstić information content (AvgIpc) is 2.54. The number of rotatable bonds is 5. The summed E-state index contributed by atoms with van der Waals surface area (Å²) >= 11 is 0. The molecule has 0 aliphatic rings. The van der Waals surface area contributed by atoms with Crippen molar-refractivity contribution in [3.8, 4) is 0 Å². The van der Waals surface area contributed by atoms with Gasteiger partial charge in [-0.25, -0.2) is 9.18 Å². The van der Waals surface area contributed by atoms with Crippen LogP contribution in [0.1, 0.15) is 12.5 Å². The van der Waals surface area contributed by atoms with Crippen LogP contribution in [0, 0.1) is 5.82 Å². The van der Waals surface area contributed by atoms with Crippen molar-refractivity contribution in [2.45, 2.75) is 12.5 Å². The van der Waals surface area contributed by atoms with Gasteiger partial charge in [0.15, 0.2) is 0 Å². The molecule has 2 aromatic carbocycles. The lowest BCUT2D eigenvalue weighted by atomic mass is 9.96. The molecule has 0 saturated heterocycles. The van der Waals surface area contributed by atoms with Crippen molar-refractivity contribution in [3.63, 3.8) is 0 Å². The summed E-state index contributed by atoms with van der Waals surface area (Å²) in [5.41, 5.74) is 0.767. The van der Waals surface area contributed by atoms with Crippen molar-refractivity contribution in [1.29, 1.82) is 0 Å². The van der Waals surface area contributed by atoms with Crippen LogP contribution in [0.4, 0.5) is 20.6 Å². The van der Waals surface area contributed by atoms with Crippen LogP contribution in [0.2, 0.25) is 0 Å². The highest BCUT2D eigenvalue weighted by atomic mass is 19.1. The highest BCUT2D eigenvalue weighted by Gasteiger charge is 2.24.